The molecular weight excluding hydrogens is 328 g/mol. The lowest BCUT2D eigenvalue weighted by Crippen LogP contribution is -1.84. The van der Waals surface area contributed by atoms with E-state index in [2.05, 4.69) is 72.8 Å². The van der Waals surface area contributed by atoms with Gasteiger partial charge in [0.1, 0.15) is 5.75 Å². The molecule has 1 nitrogen and oxygen atoms in total. The fourth-order valence-electron chi connectivity index (χ4n) is 3.75. The molecule has 5 rings (SSSR count). The molecule has 128 valence electrons. The maximum absolute atomic E-state index is 10.1. The van der Waals surface area contributed by atoms with Crippen LogP contribution in [0.15, 0.2) is 103 Å². The van der Waals surface area contributed by atoms with Crippen molar-refractivity contribution >= 4 is 21.5 Å². The third-order valence-electron chi connectivity index (χ3n) is 5.18. The predicted molar refractivity (Wildman–Crippen MR) is 114 cm³/mol. The minimum Gasteiger partial charge on any atom is -0.507 e. The molecule has 0 fully saturated rings. The van der Waals surface area contributed by atoms with Crippen LogP contribution in [0.3, 0.4) is 0 Å². The van der Waals surface area contributed by atoms with Crippen LogP contribution in [0.4, 0.5) is 0 Å². The van der Waals surface area contributed by atoms with Gasteiger partial charge in [0, 0.05) is 5.39 Å². The van der Waals surface area contributed by atoms with Gasteiger partial charge in [0.2, 0.25) is 0 Å². The Morgan fingerprint density at radius 3 is 1.89 bits per heavy atom. The van der Waals surface area contributed by atoms with E-state index in [1.165, 1.54) is 21.9 Å². The molecular formula is C26H18O. The van der Waals surface area contributed by atoms with Crippen LogP contribution >= 0.6 is 0 Å². The highest BCUT2D eigenvalue weighted by Gasteiger charge is 2.07. The normalized spacial score (nSPS) is 11.1. The van der Waals surface area contributed by atoms with Crippen LogP contribution in [0.25, 0.3) is 43.8 Å². The summed E-state index contributed by atoms with van der Waals surface area (Å²) in [5, 5.41) is 14.6. The molecule has 5 aromatic carbocycles. The fraction of sp³-hybridized carbons (Fsp3) is 0. The van der Waals surface area contributed by atoms with Gasteiger partial charge in [-0.15, -0.1) is 0 Å². The Bertz CT molecular complexity index is 1270. The van der Waals surface area contributed by atoms with Gasteiger partial charge in [-0.2, -0.15) is 0 Å². The van der Waals surface area contributed by atoms with Crippen molar-refractivity contribution in [3.8, 4) is 28.0 Å². The van der Waals surface area contributed by atoms with Gasteiger partial charge in [-0.3, -0.25) is 0 Å². The quantitative estimate of drug-likeness (QED) is 0.364. The zero-order valence-electron chi connectivity index (χ0n) is 14.8. The molecule has 0 spiro atoms. The van der Waals surface area contributed by atoms with Crippen LogP contribution in [-0.2, 0) is 0 Å². The van der Waals surface area contributed by atoms with Gasteiger partial charge >= 0.3 is 0 Å². The Morgan fingerprint density at radius 2 is 1.07 bits per heavy atom. The monoisotopic (exact) mass is 346 g/mol. The van der Waals surface area contributed by atoms with E-state index >= 15 is 0 Å². The van der Waals surface area contributed by atoms with Crippen LogP contribution in [0, 0.1) is 0 Å². The number of phenolic OH excluding ortho intramolecular Hbond substituents is 1. The lowest BCUT2D eigenvalue weighted by Gasteiger charge is -2.10. The number of fused-ring (bicyclic) bond motifs is 2. The molecule has 0 bridgehead atoms. The highest BCUT2D eigenvalue weighted by atomic mass is 16.3. The summed E-state index contributed by atoms with van der Waals surface area (Å²) in [5.74, 6) is 0.321. The Kier molecular flexibility index (Phi) is 3.65. The number of hydrogen-bond acceptors (Lipinski definition) is 1. The van der Waals surface area contributed by atoms with Crippen molar-refractivity contribution in [2.24, 2.45) is 0 Å². The molecule has 0 aliphatic heterocycles. The molecule has 0 saturated heterocycles. The minimum atomic E-state index is 0.321. The zero-order chi connectivity index (χ0) is 18.2. The summed E-state index contributed by atoms with van der Waals surface area (Å²) in [5.41, 5.74) is 4.70. The minimum absolute atomic E-state index is 0.321. The van der Waals surface area contributed by atoms with Crippen LogP contribution in [0.2, 0.25) is 0 Å². The van der Waals surface area contributed by atoms with Gasteiger partial charge in [-0.05, 0) is 50.5 Å². The first-order valence-electron chi connectivity index (χ1n) is 9.10. The molecule has 0 unspecified atom stereocenters. The van der Waals surface area contributed by atoms with Gasteiger partial charge in [0.25, 0.3) is 0 Å². The molecule has 0 aliphatic carbocycles. The summed E-state index contributed by atoms with van der Waals surface area (Å²) < 4.78 is 0. The molecule has 0 amide bonds. The molecule has 0 aromatic heterocycles. The summed E-state index contributed by atoms with van der Waals surface area (Å²) in [6, 6.07) is 35.4. The molecule has 5 aromatic rings. The number of aromatic hydroxyl groups is 1. The van der Waals surface area contributed by atoms with E-state index in [4.69, 9.17) is 0 Å². The van der Waals surface area contributed by atoms with Gasteiger partial charge in [0.15, 0.2) is 0 Å². The summed E-state index contributed by atoms with van der Waals surface area (Å²) in [4.78, 5) is 0. The standard InChI is InChI=1S/C26H18O/c27-26-16-15-23(24-7-3-4-8-25(24)26)20-12-9-19(10-13-20)22-14-11-18-5-1-2-6-21(18)17-22/h1-17,27H. The van der Waals surface area contributed by atoms with Crippen molar-refractivity contribution in [1.29, 1.82) is 0 Å². The lowest BCUT2D eigenvalue weighted by molar-refractivity contribution is 0.481. The van der Waals surface area contributed by atoms with E-state index in [0.29, 0.717) is 5.75 Å². The third-order valence-corrected chi connectivity index (χ3v) is 5.18. The summed E-state index contributed by atoms with van der Waals surface area (Å²) in [7, 11) is 0. The van der Waals surface area contributed by atoms with Crippen LogP contribution < -0.4 is 0 Å². The van der Waals surface area contributed by atoms with Gasteiger partial charge in [-0.25, -0.2) is 0 Å². The van der Waals surface area contributed by atoms with Crippen molar-refractivity contribution in [2.45, 2.75) is 0 Å². The molecule has 0 heterocycles. The molecule has 0 atom stereocenters. The maximum Gasteiger partial charge on any atom is 0.123 e. The first kappa shape index (κ1) is 15.7. The largest absolute Gasteiger partial charge is 0.507 e. The second-order valence-corrected chi connectivity index (χ2v) is 6.82. The summed E-state index contributed by atoms with van der Waals surface area (Å²) >= 11 is 0. The predicted octanol–water partition coefficient (Wildman–Crippen LogP) is 7.03. The van der Waals surface area contributed by atoms with Crippen molar-refractivity contribution in [1.82, 2.24) is 0 Å². The van der Waals surface area contributed by atoms with Crippen molar-refractivity contribution in [2.75, 3.05) is 0 Å². The van der Waals surface area contributed by atoms with Gasteiger partial charge in [-0.1, -0.05) is 91.0 Å². The molecule has 0 aliphatic rings. The summed E-state index contributed by atoms with van der Waals surface area (Å²) in [6.45, 7) is 0. The molecule has 0 radical (unpaired) electrons. The lowest BCUT2D eigenvalue weighted by atomic mass is 9.95. The number of rotatable bonds is 2. The Balaban J connectivity index is 1.58. The molecule has 1 N–H and O–H groups in total. The molecule has 1 heteroatoms. The third kappa shape index (κ3) is 2.74. The average Bonchev–Trinajstić information content (AvgIpc) is 2.74. The highest BCUT2D eigenvalue weighted by Crippen LogP contribution is 2.35. The number of phenols is 1. The Hall–Kier alpha value is -3.58. The van der Waals surface area contributed by atoms with Crippen LogP contribution in [0.1, 0.15) is 0 Å². The topological polar surface area (TPSA) is 20.2 Å². The first-order valence-corrected chi connectivity index (χ1v) is 9.10. The second kappa shape index (κ2) is 6.30. The van der Waals surface area contributed by atoms with E-state index in [0.717, 1.165) is 21.9 Å². The van der Waals surface area contributed by atoms with E-state index in [1.807, 2.05) is 24.3 Å². The van der Waals surface area contributed by atoms with Crippen LogP contribution in [-0.4, -0.2) is 5.11 Å². The zero-order valence-corrected chi connectivity index (χ0v) is 14.8. The van der Waals surface area contributed by atoms with E-state index in [9.17, 15) is 5.11 Å². The van der Waals surface area contributed by atoms with Crippen molar-refractivity contribution < 1.29 is 5.11 Å². The SMILES string of the molecule is Oc1ccc(-c2ccc(-c3ccc4ccccc4c3)cc2)c2ccccc12. The van der Waals surface area contributed by atoms with E-state index < -0.39 is 0 Å². The average molecular weight is 346 g/mol. The second-order valence-electron chi connectivity index (χ2n) is 6.82. The fourth-order valence-corrected chi connectivity index (χ4v) is 3.75. The Morgan fingerprint density at radius 1 is 0.444 bits per heavy atom. The van der Waals surface area contributed by atoms with Crippen molar-refractivity contribution in [3.63, 3.8) is 0 Å². The van der Waals surface area contributed by atoms with Crippen LogP contribution in [0.5, 0.6) is 5.75 Å². The van der Waals surface area contributed by atoms with E-state index in [1.54, 1.807) is 6.07 Å². The number of benzene rings is 5. The molecule has 27 heavy (non-hydrogen) atoms. The molecule has 0 saturated carbocycles. The smallest absolute Gasteiger partial charge is 0.123 e. The Labute approximate surface area is 158 Å². The summed E-state index contributed by atoms with van der Waals surface area (Å²) in [6.07, 6.45) is 0. The maximum atomic E-state index is 10.1. The first-order chi connectivity index (χ1) is 13.3. The van der Waals surface area contributed by atoms with Gasteiger partial charge < -0.3 is 5.11 Å². The van der Waals surface area contributed by atoms with Crippen molar-refractivity contribution in [3.05, 3.63) is 103 Å². The highest BCUT2D eigenvalue weighted by molar-refractivity contribution is 6.00. The number of hydrogen-bond donors (Lipinski definition) is 1. The van der Waals surface area contributed by atoms with Gasteiger partial charge in [0.05, 0.1) is 0 Å². The van der Waals surface area contributed by atoms with E-state index in [-0.39, 0.29) is 0 Å².